The van der Waals surface area contributed by atoms with E-state index in [0.717, 1.165) is 18.4 Å². The molecule has 0 aromatic carbocycles. The van der Waals surface area contributed by atoms with Gasteiger partial charge in [-0.1, -0.05) is 0 Å². The van der Waals surface area contributed by atoms with Gasteiger partial charge in [-0.3, -0.25) is 0 Å². The van der Waals surface area contributed by atoms with E-state index in [9.17, 15) is 4.79 Å². The first-order valence-electron chi connectivity index (χ1n) is 7.24. The Morgan fingerprint density at radius 2 is 1.86 bits per heavy atom. The largest absolute Gasteiger partial charge is 0.491 e. The number of hydrogen-bond acceptors (Lipinski definition) is 5. The maximum atomic E-state index is 12.1. The summed E-state index contributed by atoms with van der Waals surface area (Å²) in [7, 11) is -0.457. The van der Waals surface area contributed by atoms with Gasteiger partial charge in [0.05, 0.1) is 17.8 Å². The minimum absolute atomic E-state index is 0. The van der Waals surface area contributed by atoms with E-state index in [1.165, 1.54) is 0 Å². The zero-order valence-electron chi connectivity index (χ0n) is 13.4. The Kier molecular flexibility index (Phi) is 5.89. The van der Waals surface area contributed by atoms with E-state index in [0.29, 0.717) is 18.7 Å². The van der Waals surface area contributed by atoms with Crippen LogP contribution in [0.25, 0.3) is 0 Å². The number of esters is 1. The molecule has 2 aliphatic heterocycles. The zero-order chi connectivity index (χ0) is 15.0. The lowest BCUT2D eigenvalue weighted by Crippen LogP contribution is -2.41. The van der Waals surface area contributed by atoms with Gasteiger partial charge in [0.25, 0.3) is 0 Å². The molecule has 0 radical (unpaired) electrons. The van der Waals surface area contributed by atoms with Gasteiger partial charge in [0.1, 0.15) is 0 Å². The van der Waals surface area contributed by atoms with Crippen molar-refractivity contribution in [1.82, 2.24) is 5.32 Å². The maximum absolute atomic E-state index is 12.1. The van der Waals surface area contributed by atoms with Gasteiger partial charge in [0.2, 0.25) is 0 Å². The van der Waals surface area contributed by atoms with Gasteiger partial charge < -0.3 is 19.4 Å². The van der Waals surface area contributed by atoms with Gasteiger partial charge in [-0.15, -0.1) is 12.4 Å². The van der Waals surface area contributed by atoms with Crippen LogP contribution in [0.5, 0.6) is 0 Å². The van der Waals surface area contributed by atoms with Crippen molar-refractivity contribution >= 4 is 25.5 Å². The van der Waals surface area contributed by atoms with Crippen molar-refractivity contribution in [2.75, 3.05) is 19.7 Å². The molecule has 0 aliphatic carbocycles. The number of hydrogen-bond donors (Lipinski definition) is 1. The van der Waals surface area contributed by atoms with Crippen LogP contribution >= 0.6 is 12.4 Å². The Morgan fingerprint density at radius 1 is 1.29 bits per heavy atom. The molecule has 1 saturated heterocycles. The van der Waals surface area contributed by atoms with Gasteiger partial charge >= 0.3 is 13.1 Å². The lowest BCUT2D eigenvalue weighted by atomic mass is 9.72. The van der Waals surface area contributed by atoms with Gasteiger partial charge in [0, 0.05) is 12.1 Å². The fourth-order valence-corrected chi connectivity index (χ4v) is 2.37. The number of halogens is 1. The van der Waals surface area contributed by atoms with Crippen molar-refractivity contribution in [1.29, 1.82) is 0 Å². The summed E-state index contributed by atoms with van der Waals surface area (Å²) in [6.45, 7) is 11.6. The first kappa shape index (κ1) is 18.5. The van der Waals surface area contributed by atoms with E-state index in [1.807, 2.05) is 34.6 Å². The molecule has 0 amide bonds. The van der Waals surface area contributed by atoms with Crippen LogP contribution in [0, 0.1) is 0 Å². The maximum Gasteiger partial charge on any atom is 0.491 e. The van der Waals surface area contributed by atoms with Crippen LogP contribution < -0.4 is 5.32 Å². The summed E-state index contributed by atoms with van der Waals surface area (Å²) < 4.78 is 17.2. The second kappa shape index (κ2) is 6.69. The van der Waals surface area contributed by atoms with Crippen LogP contribution in [0.15, 0.2) is 11.0 Å². The second-order valence-electron chi connectivity index (χ2n) is 6.24. The van der Waals surface area contributed by atoms with E-state index >= 15 is 0 Å². The third-order valence-corrected chi connectivity index (χ3v) is 4.32. The fraction of sp³-hybridized carbons (Fsp3) is 0.786. The molecule has 0 aromatic heterocycles. The van der Waals surface area contributed by atoms with Crippen LogP contribution in [0.4, 0.5) is 0 Å². The SMILES string of the molecule is CCOC(=O)C1=C(B2OC(C)(C)C(C)(C)O2)CCNC1.Cl. The molecule has 21 heavy (non-hydrogen) atoms. The highest BCUT2D eigenvalue weighted by Gasteiger charge is 2.53. The Labute approximate surface area is 133 Å². The van der Waals surface area contributed by atoms with Gasteiger partial charge in [-0.25, -0.2) is 4.79 Å². The topological polar surface area (TPSA) is 56.8 Å². The summed E-state index contributed by atoms with van der Waals surface area (Å²) in [5.74, 6) is -0.274. The van der Waals surface area contributed by atoms with E-state index in [-0.39, 0.29) is 18.4 Å². The van der Waals surface area contributed by atoms with Crippen molar-refractivity contribution in [2.45, 2.75) is 52.2 Å². The first-order valence-corrected chi connectivity index (χ1v) is 7.24. The van der Waals surface area contributed by atoms with Gasteiger partial charge in [-0.2, -0.15) is 0 Å². The summed E-state index contributed by atoms with van der Waals surface area (Å²) >= 11 is 0. The van der Waals surface area contributed by atoms with Crippen molar-refractivity contribution in [3.63, 3.8) is 0 Å². The number of rotatable bonds is 3. The Hall–Kier alpha value is -0.555. The van der Waals surface area contributed by atoms with Crippen molar-refractivity contribution in [3.05, 3.63) is 11.0 Å². The van der Waals surface area contributed by atoms with Gasteiger partial charge in [-0.05, 0) is 53.1 Å². The molecule has 0 aromatic rings. The predicted molar refractivity (Wildman–Crippen MR) is 84.5 cm³/mol. The van der Waals surface area contributed by atoms with Gasteiger partial charge in [0.15, 0.2) is 0 Å². The van der Waals surface area contributed by atoms with E-state index in [1.54, 1.807) is 0 Å². The normalized spacial score (nSPS) is 23.8. The molecular formula is C14H25BClNO4. The number of ether oxygens (including phenoxy) is 1. The van der Waals surface area contributed by atoms with E-state index < -0.39 is 18.3 Å². The molecule has 0 saturated carbocycles. The summed E-state index contributed by atoms with van der Waals surface area (Å²) in [5.41, 5.74) is 0.780. The lowest BCUT2D eigenvalue weighted by Gasteiger charge is -2.32. The van der Waals surface area contributed by atoms with Crippen molar-refractivity contribution < 1.29 is 18.8 Å². The molecule has 2 aliphatic rings. The molecule has 1 N–H and O–H groups in total. The smallest absolute Gasteiger partial charge is 0.463 e. The number of nitrogens with one attached hydrogen (secondary N) is 1. The Morgan fingerprint density at radius 3 is 2.38 bits per heavy atom. The van der Waals surface area contributed by atoms with Crippen LogP contribution in [0.2, 0.25) is 0 Å². The Bertz CT molecular complexity index is 421. The van der Waals surface area contributed by atoms with Crippen molar-refractivity contribution in [2.24, 2.45) is 0 Å². The molecule has 2 rings (SSSR count). The van der Waals surface area contributed by atoms with Crippen LogP contribution in [-0.2, 0) is 18.8 Å². The standard InChI is InChI=1S/C14H24BNO4.ClH/c1-6-18-12(17)10-9-16-8-7-11(10)15-19-13(2,3)14(4,5)20-15;/h16H,6-9H2,1-5H3;1H. The van der Waals surface area contributed by atoms with Crippen LogP contribution in [0.1, 0.15) is 41.0 Å². The summed E-state index contributed by atoms with van der Waals surface area (Å²) in [6.07, 6.45) is 0.741. The highest BCUT2D eigenvalue weighted by Crippen LogP contribution is 2.39. The van der Waals surface area contributed by atoms with E-state index in [2.05, 4.69) is 5.32 Å². The van der Waals surface area contributed by atoms with Crippen molar-refractivity contribution in [3.8, 4) is 0 Å². The number of carbonyl (C=O) groups excluding carboxylic acids is 1. The molecule has 5 nitrogen and oxygen atoms in total. The van der Waals surface area contributed by atoms with Crippen LogP contribution in [0.3, 0.4) is 0 Å². The average molecular weight is 318 g/mol. The molecular weight excluding hydrogens is 292 g/mol. The van der Waals surface area contributed by atoms with Crippen LogP contribution in [-0.4, -0.2) is 44.0 Å². The second-order valence-corrected chi connectivity index (χ2v) is 6.24. The molecule has 0 atom stereocenters. The third-order valence-electron chi connectivity index (χ3n) is 4.32. The molecule has 2 heterocycles. The summed E-state index contributed by atoms with van der Waals surface area (Å²) in [5, 5.41) is 3.20. The molecule has 0 unspecified atom stereocenters. The molecule has 0 spiro atoms. The van der Waals surface area contributed by atoms with E-state index in [4.69, 9.17) is 14.0 Å². The fourth-order valence-electron chi connectivity index (χ4n) is 2.37. The Balaban J connectivity index is 0.00000220. The first-order chi connectivity index (χ1) is 9.28. The quantitative estimate of drug-likeness (QED) is 0.636. The monoisotopic (exact) mass is 317 g/mol. The minimum Gasteiger partial charge on any atom is -0.463 e. The number of carbonyl (C=O) groups is 1. The molecule has 7 heteroatoms. The predicted octanol–water partition coefficient (Wildman–Crippen LogP) is 1.89. The molecule has 1 fully saturated rings. The highest BCUT2D eigenvalue weighted by molar-refractivity contribution is 6.55. The summed E-state index contributed by atoms with van der Waals surface area (Å²) in [4.78, 5) is 12.1. The average Bonchev–Trinajstić information content (AvgIpc) is 2.59. The lowest BCUT2D eigenvalue weighted by molar-refractivity contribution is -0.138. The minimum atomic E-state index is -0.457. The molecule has 0 bridgehead atoms. The highest BCUT2D eigenvalue weighted by atomic mass is 35.5. The third kappa shape index (κ3) is 3.62. The molecule has 120 valence electrons. The summed E-state index contributed by atoms with van der Waals surface area (Å²) in [6, 6.07) is 0. The zero-order valence-corrected chi connectivity index (χ0v) is 14.3.